The average molecular weight is 355 g/mol. The lowest BCUT2D eigenvalue weighted by atomic mass is 9.96. The Bertz CT molecular complexity index is 917. The second-order valence-corrected chi connectivity index (χ2v) is 6.93. The van der Waals surface area contributed by atoms with Crippen LogP contribution in [-0.4, -0.2) is 33.5 Å². The smallest absolute Gasteiger partial charge is 0.227 e. The van der Waals surface area contributed by atoms with Crippen LogP contribution in [0, 0.1) is 0 Å². The second kappa shape index (κ2) is 6.54. The highest BCUT2D eigenvalue weighted by atomic mass is 35.5. The number of hydrogen-bond donors (Lipinski definition) is 2. The number of carbonyl (C=O) groups is 1. The molecule has 2 N–H and O–H groups in total. The summed E-state index contributed by atoms with van der Waals surface area (Å²) >= 11 is 5.90. The molecule has 2 heterocycles. The molecule has 5 heteroatoms. The van der Waals surface area contributed by atoms with E-state index >= 15 is 0 Å². The molecular formula is C20H19ClN2O2. The summed E-state index contributed by atoms with van der Waals surface area (Å²) in [5, 5.41) is 11.7. The van der Waals surface area contributed by atoms with Crippen molar-refractivity contribution in [3.63, 3.8) is 0 Å². The van der Waals surface area contributed by atoms with Gasteiger partial charge in [0, 0.05) is 21.6 Å². The van der Waals surface area contributed by atoms with Crippen molar-refractivity contribution in [2.75, 3.05) is 6.61 Å². The summed E-state index contributed by atoms with van der Waals surface area (Å²) in [7, 11) is 0. The SMILES string of the molecule is O=C(Cc1ccc(Cl)cc1)N1Cc2[nH]c3ccccc3c2CC1CO. The maximum absolute atomic E-state index is 12.8. The van der Waals surface area contributed by atoms with Crippen LogP contribution < -0.4 is 0 Å². The van der Waals surface area contributed by atoms with Gasteiger partial charge in [-0.25, -0.2) is 0 Å². The number of nitrogens with one attached hydrogen (secondary N) is 1. The molecular weight excluding hydrogens is 336 g/mol. The van der Waals surface area contributed by atoms with Gasteiger partial charge in [0.15, 0.2) is 0 Å². The number of fused-ring (bicyclic) bond motifs is 3. The van der Waals surface area contributed by atoms with E-state index in [1.807, 2.05) is 30.3 Å². The standard InChI is InChI=1S/C20H19ClN2O2/c21-14-7-5-13(6-8-14)9-20(25)23-11-19-17(10-15(23)12-24)16-3-1-2-4-18(16)22-19/h1-8,15,22,24H,9-12H2. The van der Waals surface area contributed by atoms with Crippen LogP contribution >= 0.6 is 11.6 Å². The van der Waals surface area contributed by atoms with E-state index in [1.165, 1.54) is 10.9 Å². The number of nitrogens with zero attached hydrogens (tertiary/aromatic N) is 1. The van der Waals surface area contributed by atoms with E-state index in [0.29, 0.717) is 24.4 Å². The number of halogens is 1. The van der Waals surface area contributed by atoms with E-state index in [2.05, 4.69) is 11.1 Å². The summed E-state index contributed by atoms with van der Waals surface area (Å²) in [6.45, 7) is 0.465. The average Bonchev–Trinajstić information content (AvgIpc) is 3.00. The minimum atomic E-state index is -0.188. The number of para-hydroxylation sites is 1. The number of aromatic nitrogens is 1. The molecule has 2 aromatic carbocycles. The molecule has 4 nitrogen and oxygen atoms in total. The molecule has 1 amide bonds. The largest absolute Gasteiger partial charge is 0.394 e. The van der Waals surface area contributed by atoms with Crippen LogP contribution in [0.4, 0.5) is 0 Å². The number of H-pyrrole nitrogens is 1. The fraction of sp³-hybridized carbons (Fsp3) is 0.250. The first-order valence-electron chi connectivity index (χ1n) is 8.39. The minimum Gasteiger partial charge on any atom is -0.394 e. The Morgan fingerprint density at radius 2 is 1.96 bits per heavy atom. The van der Waals surface area contributed by atoms with Gasteiger partial charge in [0.2, 0.25) is 5.91 Å². The number of benzene rings is 2. The van der Waals surface area contributed by atoms with Crippen LogP contribution in [0.5, 0.6) is 0 Å². The van der Waals surface area contributed by atoms with Crippen LogP contribution in [0.25, 0.3) is 10.9 Å². The van der Waals surface area contributed by atoms with Gasteiger partial charge in [-0.15, -0.1) is 0 Å². The summed E-state index contributed by atoms with van der Waals surface area (Å²) < 4.78 is 0. The molecule has 1 atom stereocenters. The normalized spacial score (nSPS) is 16.9. The molecule has 1 aliphatic heterocycles. The second-order valence-electron chi connectivity index (χ2n) is 6.49. The third-order valence-corrected chi connectivity index (χ3v) is 5.16. The third kappa shape index (κ3) is 3.03. The molecule has 0 spiro atoms. The predicted molar refractivity (Wildman–Crippen MR) is 98.6 cm³/mol. The highest BCUT2D eigenvalue weighted by Crippen LogP contribution is 2.30. The molecule has 1 aliphatic rings. The van der Waals surface area contributed by atoms with Crippen molar-refractivity contribution in [2.24, 2.45) is 0 Å². The van der Waals surface area contributed by atoms with Gasteiger partial charge >= 0.3 is 0 Å². The first-order valence-corrected chi connectivity index (χ1v) is 8.76. The molecule has 0 saturated heterocycles. The molecule has 0 saturated carbocycles. The van der Waals surface area contributed by atoms with Crippen molar-refractivity contribution in [3.8, 4) is 0 Å². The summed E-state index contributed by atoms with van der Waals surface area (Å²) in [5.74, 6) is 0.0191. The van der Waals surface area contributed by atoms with Crippen molar-refractivity contribution in [3.05, 3.63) is 70.4 Å². The number of aromatic amines is 1. The Morgan fingerprint density at radius 3 is 2.72 bits per heavy atom. The number of aliphatic hydroxyl groups excluding tert-OH is 1. The van der Waals surface area contributed by atoms with Gasteiger partial charge in [-0.3, -0.25) is 4.79 Å². The van der Waals surface area contributed by atoms with Gasteiger partial charge in [-0.05, 0) is 35.7 Å². The molecule has 25 heavy (non-hydrogen) atoms. The third-order valence-electron chi connectivity index (χ3n) is 4.91. The van der Waals surface area contributed by atoms with Crippen LogP contribution in [-0.2, 0) is 24.2 Å². The Hall–Kier alpha value is -2.30. The molecule has 0 bridgehead atoms. The van der Waals surface area contributed by atoms with Gasteiger partial charge in [0.1, 0.15) is 0 Å². The number of hydrogen-bond acceptors (Lipinski definition) is 2. The Balaban J connectivity index is 1.61. The lowest BCUT2D eigenvalue weighted by molar-refractivity contribution is -0.135. The highest BCUT2D eigenvalue weighted by Gasteiger charge is 2.31. The number of amides is 1. The molecule has 4 rings (SSSR count). The van der Waals surface area contributed by atoms with E-state index in [-0.39, 0.29) is 18.6 Å². The van der Waals surface area contributed by atoms with Crippen molar-refractivity contribution in [2.45, 2.75) is 25.4 Å². The lowest BCUT2D eigenvalue weighted by Crippen LogP contribution is -2.46. The molecule has 128 valence electrons. The van der Waals surface area contributed by atoms with Crippen LogP contribution in [0.1, 0.15) is 16.8 Å². The first kappa shape index (κ1) is 16.2. The van der Waals surface area contributed by atoms with Crippen molar-refractivity contribution >= 4 is 28.4 Å². The zero-order valence-corrected chi connectivity index (χ0v) is 14.5. The van der Waals surface area contributed by atoms with E-state index in [9.17, 15) is 9.90 Å². The monoisotopic (exact) mass is 354 g/mol. The van der Waals surface area contributed by atoms with Gasteiger partial charge < -0.3 is 15.0 Å². The molecule has 3 aromatic rings. The van der Waals surface area contributed by atoms with Gasteiger partial charge in [0.05, 0.1) is 25.6 Å². The van der Waals surface area contributed by atoms with Crippen molar-refractivity contribution in [1.82, 2.24) is 9.88 Å². The van der Waals surface area contributed by atoms with Gasteiger partial charge in [-0.1, -0.05) is 41.9 Å². The topological polar surface area (TPSA) is 56.3 Å². The Kier molecular flexibility index (Phi) is 4.24. The minimum absolute atomic E-state index is 0.0191. The van der Waals surface area contributed by atoms with Gasteiger partial charge in [-0.2, -0.15) is 0 Å². The summed E-state index contributed by atoms with van der Waals surface area (Å²) in [5.41, 5.74) is 4.28. The number of rotatable bonds is 3. The summed E-state index contributed by atoms with van der Waals surface area (Å²) in [6, 6.07) is 15.3. The molecule has 0 radical (unpaired) electrons. The summed E-state index contributed by atoms with van der Waals surface area (Å²) in [4.78, 5) is 18.0. The molecule has 1 aromatic heterocycles. The summed E-state index contributed by atoms with van der Waals surface area (Å²) in [6.07, 6.45) is 0.978. The fourth-order valence-corrected chi connectivity index (χ4v) is 3.73. The predicted octanol–water partition coefficient (Wildman–Crippen LogP) is 3.31. The van der Waals surface area contributed by atoms with E-state index in [4.69, 9.17) is 11.6 Å². The molecule has 1 unspecified atom stereocenters. The maximum Gasteiger partial charge on any atom is 0.227 e. The number of carbonyl (C=O) groups excluding carboxylic acids is 1. The fourth-order valence-electron chi connectivity index (χ4n) is 3.60. The van der Waals surface area contributed by atoms with Crippen molar-refractivity contribution in [1.29, 1.82) is 0 Å². The van der Waals surface area contributed by atoms with Crippen LogP contribution in [0.3, 0.4) is 0 Å². The van der Waals surface area contributed by atoms with Crippen LogP contribution in [0.15, 0.2) is 48.5 Å². The van der Waals surface area contributed by atoms with E-state index in [0.717, 1.165) is 16.8 Å². The lowest BCUT2D eigenvalue weighted by Gasteiger charge is -2.35. The molecule has 0 fully saturated rings. The molecule has 0 aliphatic carbocycles. The van der Waals surface area contributed by atoms with Crippen LogP contribution in [0.2, 0.25) is 5.02 Å². The highest BCUT2D eigenvalue weighted by molar-refractivity contribution is 6.30. The Labute approximate surface area is 151 Å². The zero-order valence-electron chi connectivity index (χ0n) is 13.7. The zero-order chi connectivity index (χ0) is 17.4. The quantitative estimate of drug-likeness (QED) is 0.758. The van der Waals surface area contributed by atoms with E-state index in [1.54, 1.807) is 17.0 Å². The number of aliphatic hydroxyl groups is 1. The van der Waals surface area contributed by atoms with Gasteiger partial charge in [0.25, 0.3) is 0 Å². The van der Waals surface area contributed by atoms with Crippen molar-refractivity contribution < 1.29 is 9.90 Å². The maximum atomic E-state index is 12.8. The Morgan fingerprint density at radius 1 is 1.20 bits per heavy atom. The van der Waals surface area contributed by atoms with E-state index < -0.39 is 0 Å². The first-order chi connectivity index (χ1) is 12.2.